The molecule has 1 aromatic heterocycles. The van der Waals surface area contributed by atoms with E-state index in [-0.39, 0.29) is 0 Å². The summed E-state index contributed by atoms with van der Waals surface area (Å²) in [6.07, 6.45) is 15.3. The second-order valence-electron chi connectivity index (χ2n) is 10.5. The normalized spacial score (nSPS) is 13.5. The third kappa shape index (κ3) is 6.13. The number of unbranched alkanes of at least 4 members (excludes halogenated alkanes) is 7. The Morgan fingerprint density at radius 2 is 1.08 bits per heavy atom. The van der Waals surface area contributed by atoms with E-state index < -0.39 is 0 Å². The molecule has 0 radical (unpaired) electrons. The Labute approximate surface area is 217 Å². The molecule has 0 unspecified atom stereocenters. The van der Waals surface area contributed by atoms with Crippen molar-refractivity contribution in [2.24, 2.45) is 0 Å². The Bertz CT molecular complexity index is 1210. The van der Waals surface area contributed by atoms with Gasteiger partial charge in [0.2, 0.25) is 0 Å². The van der Waals surface area contributed by atoms with Crippen molar-refractivity contribution in [3.63, 3.8) is 0 Å². The van der Waals surface area contributed by atoms with Crippen LogP contribution in [0.4, 0.5) is 0 Å². The molecule has 2 heterocycles. The lowest BCUT2D eigenvalue weighted by Crippen LogP contribution is -2.25. The maximum absolute atomic E-state index is 2.53. The van der Waals surface area contributed by atoms with Gasteiger partial charge >= 0.3 is 0 Å². The van der Waals surface area contributed by atoms with Crippen molar-refractivity contribution < 1.29 is 0 Å². The van der Waals surface area contributed by atoms with Crippen molar-refractivity contribution in [3.8, 4) is 0 Å². The van der Waals surface area contributed by atoms with Crippen LogP contribution in [0, 0.1) is 6.92 Å². The molecule has 36 heavy (non-hydrogen) atoms. The van der Waals surface area contributed by atoms with Crippen LogP contribution in [0.5, 0.6) is 0 Å². The van der Waals surface area contributed by atoms with Gasteiger partial charge in [-0.25, -0.2) is 0 Å². The van der Waals surface area contributed by atoms with Crippen molar-refractivity contribution >= 4 is 21.8 Å². The highest BCUT2D eigenvalue weighted by Gasteiger charge is 2.12. The second kappa shape index (κ2) is 12.2. The molecule has 0 bridgehead atoms. The minimum absolute atomic E-state index is 1.00. The first-order valence-corrected chi connectivity index (χ1v) is 14.0. The first-order chi connectivity index (χ1) is 17.8. The Kier molecular flexibility index (Phi) is 8.28. The summed E-state index contributed by atoms with van der Waals surface area (Å²) in [5, 5.41) is 2.77. The van der Waals surface area contributed by atoms with Crippen LogP contribution in [0.3, 0.4) is 0 Å². The van der Waals surface area contributed by atoms with Crippen molar-refractivity contribution in [2.45, 2.75) is 71.4 Å². The fourth-order valence-corrected chi connectivity index (χ4v) is 5.58. The number of rotatable bonds is 13. The number of benzene rings is 3. The number of hydrogen-bond donors (Lipinski definition) is 0. The van der Waals surface area contributed by atoms with Gasteiger partial charge in [0.1, 0.15) is 0 Å². The molecule has 0 fully saturated rings. The van der Waals surface area contributed by atoms with Gasteiger partial charge in [0.25, 0.3) is 0 Å². The predicted molar refractivity (Wildman–Crippen MR) is 154 cm³/mol. The molecule has 3 aromatic carbocycles. The quantitative estimate of drug-likeness (QED) is 0.178. The highest BCUT2D eigenvalue weighted by atomic mass is 15.3. The zero-order chi connectivity index (χ0) is 24.6. The van der Waals surface area contributed by atoms with Gasteiger partial charge in [-0.05, 0) is 37.5 Å². The topological polar surface area (TPSA) is 11.4 Å². The lowest BCUT2D eigenvalue weighted by molar-refractivity contribution is 0.256. The van der Waals surface area contributed by atoms with Crippen molar-refractivity contribution in [1.82, 2.24) is 14.4 Å². The van der Waals surface area contributed by atoms with Gasteiger partial charge in [0.15, 0.2) is 0 Å². The van der Waals surface area contributed by atoms with Gasteiger partial charge in [-0.15, -0.1) is 0 Å². The number of hydrogen-bond acceptors (Lipinski definition) is 2. The van der Waals surface area contributed by atoms with Crippen LogP contribution in [0.2, 0.25) is 0 Å². The van der Waals surface area contributed by atoms with Crippen LogP contribution >= 0.6 is 0 Å². The third-order valence-corrected chi connectivity index (χ3v) is 7.61. The van der Waals surface area contributed by atoms with E-state index in [9.17, 15) is 0 Å². The van der Waals surface area contributed by atoms with E-state index in [0.29, 0.717) is 0 Å². The van der Waals surface area contributed by atoms with Crippen molar-refractivity contribution in [3.05, 3.63) is 96.3 Å². The monoisotopic (exact) mass is 479 g/mol. The molecule has 3 nitrogen and oxygen atoms in total. The van der Waals surface area contributed by atoms with E-state index in [2.05, 4.69) is 106 Å². The molecule has 0 saturated carbocycles. The van der Waals surface area contributed by atoms with Crippen LogP contribution in [-0.4, -0.2) is 27.6 Å². The van der Waals surface area contributed by atoms with E-state index in [1.54, 1.807) is 0 Å². The largest absolute Gasteiger partial charge is 0.359 e. The average molecular weight is 480 g/mol. The van der Waals surface area contributed by atoms with Gasteiger partial charge in [0.05, 0.1) is 6.67 Å². The smallest absolute Gasteiger partial charge is 0.0897 e. The van der Waals surface area contributed by atoms with E-state index in [1.807, 2.05) is 0 Å². The molecule has 0 spiro atoms. The van der Waals surface area contributed by atoms with Crippen molar-refractivity contribution in [1.29, 1.82) is 0 Å². The summed E-state index contributed by atoms with van der Waals surface area (Å²) in [4.78, 5) is 4.87. The average Bonchev–Trinajstić information content (AvgIpc) is 3.49. The maximum Gasteiger partial charge on any atom is 0.0897 e. The molecule has 3 heteroatoms. The Balaban J connectivity index is 0.925. The summed E-state index contributed by atoms with van der Waals surface area (Å²) < 4.78 is 2.53. The summed E-state index contributed by atoms with van der Waals surface area (Å²) in [6.45, 7) is 6.48. The lowest BCUT2D eigenvalue weighted by Gasteiger charge is -2.21. The molecule has 4 aromatic rings. The number of aryl methyl sites for hydroxylation is 2. The zero-order valence-electron chi connectivity index (χ0n) is 21.9. The molecule has 1 aliphatic rings. The fraction of sp³-hybridized carbons (Fsp3) is 0.394. The third-order valence-electron chi connectivity index (χ3n) is 7.61. The predicted octanol–water partition coefficient (Wildman–Crippen LogP) is 8.47. The highest BCUT2D eigenvalue weighted by molar-refractivity contribution is 6.07. The second-order valence-corrected chi connectivity index (χ2v) is 10.5. The maximum atomic E-state index is 2.53. The van der Waals surface area contributed by atoms with Gasteiger partial charge in [-0.2, -0.15) is 0 Å². The van der Waals surface area contributed by atoms with Crippen molar-refractivity contribution in [2.75, 3.05) is 13.2 Å². The molecule has 0 atom stereocenters. The first-order valence-electron chi connectivity index (χ1n) is 14.0. The molecule has 1 aliphatic heterocycles. The van der Waals surface area contributed by atoms with Crippen LogP contribution in [0.1, 0.15) is 62.5 Å². The van der Waals surface area contributed by atoms with Gasteiger partial charge in [-0.1, -0.05) is 105 Å². The van der Waals surface area contributed by atoms with Crippen LogP contribution in [0.15, 0.2) is 85.2 Å². The van der Waals surface area contributed by atoms with Gasteiger partial charge < -0.3 is 14.4 Å². The number of aromatic nitrogens is 1. The number of nitrogens with zero attached hydrogens (tertiary/aromatic N) is 3. The molecular weight excluding hydrogens is 438 g/mol. The van der Waals surface area contributed by atoms with Crippen LogP contribution in [0.25, 0.3) is 21.8 Å². The van der Waals surface area contributed by atoms with E-state index >= 15 is 0 Å². The minimum Gasteiger partial charge on any atom is -0.359 e. The lowest BCUT2D eigenvalue weighted by atomic mass is 10.1. The summed E-state index contributed by atoms with van der Waals surface area (Å²) in [5.41, 5.74) is 5.48. The molecule has 0 aliphatic carbocycles. The van der Waals surface area contributed by atoms with E-state index in [0.717, 1.165) is 19.8 Å². The first kappa shape index (κ1) is 24.5. The Morgan fingerprint density at radius 3 is 1.72 bits per heavy atom. The van der Waals surface area contributed by atoms with Crippen LogP contribution < -0.4 is 0 Å². The standard InChI is InChI=1S/C33H41N3/c1-28-18-20-29(21-19-28)26-35-25-24-34(27-35)22-12-6-4-2-3-5-7-13-23-36-32-16-10-8-14-30(32)31-15-9-11-17-33(31)36/h8-11,14-21,24-25H,2-7,12-13,22-23,26-27H2,1H3. The molecular formula is C33H41N3. The molecule has 0 saturated heterocycles. The Hall–Kier alpha value is -3.20. The van der Waals surface area contributed by atoms with E-state index in [4.69, 9.17) is 0 Å². The number of para-hydroxylation sites is 2. The van der Waals surface area contributed by atoms with Gasteiger partial charge in [0, 0.05) is 53.8 Å². The number of fused-ring (bicyclic) bond motifs is 3. The summed E-state index contributed by atoms with van der Waals surface area (Å²) in [6, 6.07) is 26.6. The highest BCUT2D eigenvalue weighted by Crippen LogP contribution is 2.29. The SMILES string of the molecule is Cc1ccc(CN2C=CN(CCCCCCCCCCn3c4ccccc4c4ccccc43)C2)cc1. The molecule has 5 rings (SSSR count). The van der Waals surface area contributed by atoms with E-state index in [1.165, 1.54) is 90.8 Å². The molecule has 0 N–H and O–H groups in total. The zero-order valence-corrected chi connectivity index (χ0v) is 21.9. The summed E-state index contributed by atoms with van der Waals surface area (Å²) in [5.74, 6) is 0. The van der Waals surface area contributed by atoms with Gasteiger partial charge in [-0.3, -0.25) is 0 Å². The minimum atomic E-state index is 1.00. The summed E-state index contributed by atoms with van der Waals surface area (Å²) in [7, 11) is 0. The van der Waals surface area contributed by atoms with Crippen LogP contribution in [-0.2, 0) is 13.1 Å². The Morgan fingerprint density at radius 1 is 0.556 bits per heavy atom. The molecule has 188 valence electrons. The summed E-state index contributed by atoms with van der Waals surface area (Å²) >= 11 is 0. The molecule has 0 amide bonds. The fourth-order valence-electron chi connectivity index (χ4n) is 5.58.